The summed E-state index contributed by atoms with van der Waals surface area (Å²) in [7, 11) is 5.21. The van der Waals surface area contributed by atoms with Gasteiger partial charge < -0.3 is 24.6 Å². The second-order valence-electron chi connectivity index (χ2n) is 9.15. The predicted molar refractivity (Wildman–Crippen MR) is 143 cm³/mol. The number of carbonyl (C=O) groups excluding carboxylic acids is 1. The molecule has 0 bridgehead atoms. The maximum atomic E-state index is 14.8. The number of aromatic nitrogens is 2. The van der Waals surface area contributed by atoms with Crippen LogP contribution in [0.4, 0.5) is 21.7 Å². The van der Waals surface area contributed by atoms with Gasteiger partial charge in [0.1, 0.15) is 5.75 Å². The summed E-state index contributed by atoms with van der Waals surface area (Å²) in [5.74, 6) is 0.850. The predicted octanol–water partition coefficient (Wildman–Crippen LogP) is 4.51. The molecule has 0 radical (unpaired) electrons. The lowest BCUT2D eigenvalue weighted by Crippen LogP contribution is -2.44. The summed E-state index contributed by atoms with van der Waals surface area (Å²) < 4.78 is 25.6. The lowest BCUT2D eigenvalue weighted by molar-refractivity contribution is 0.0987. The van der Waals surface area contributed by atoms with Crippen molar-refractivity contribution in [3.63, 3.8) is 0 Å². The van der Waals surface area contributed by atoms with Gasteiger partial charge in [-0.1, -0.05) is 6.92 Å². The average Bonchev–Trinajstić information content (AvgIpc) is 2.93. The molecule has 0 amide bonds. The first kappa shape index (κ1) is 26.3. The van der Waals surface area contributed by atoms with Gasteiger partial charge in [0.15, 0.2) is 17.3 Å². The van der Waals surface area contributed by atoms with Crippen LogP contribution in [0.3, 0.4) is 0 Å². The number of nitrogens with one attached hydrogen (secondary N) is 1. The van der Waals surface area contributed by atoms with Crippen LogP contribution in [0.25, 0.3) is 0 Å². The van der Waals surface area contributed by atoms with E-state index in [9.17, 15) is 9.18 Å². The van der Waals surface area contributed by atoms with Crippen LogP contribution in [0.1, 0.15) is 34.8 Å². The van der Waals surface area contributed by atoms with Crippen molar-refractivity contribution in [2.24, 2.45) is 0 Å². The number of nitrogens with zero attached hydrogens (tertiary/aromatic N) is 4. The fraction of sp³-hybridized carbons (Fsp3) is 0.393. The molecule has 0 spiro atoms. The Balaban J connectivity index is 1.41. The van der Waals surface area contributed by atoms with E-state index < -0.39 is 5.82 Å². The summed E-state index contributed by atoms with van der Waals surface area (Å²) in [4.78, 5) is 25.6. The second-order valence-corrected chi connectivity index (χ2v) is 9.15. The van der Waals surface area contributed by atoms with Gasteiger partial charge in [-0.3, -0.25) is 4.79 Å². The van der Waals surface area contributed by atoms with Gasteiger partial charge in [-0.15, -0.1) is 0 Å². The monoisotopic (exact) mass is 507 g/mol. The minimum absolute atomic E-state index is 0.0495. The van der Waals surface area contributed by atoms with Crippen LogP contribution in [0.15, 0.2) is 42.7 Å². The first-order valence-corrected chi connectivity index (χ1v) is 12.5. The summed E-state index contributed by atoms with van der Waals surface area (Å²) in [6.07, 6.45) is 4.72. The van der Waals surface area contributed by atoms with Gasteiger partial charge in [-0.05, 0) is 55.3 Å². The van der Waals surface area contributed by atoms with E-state index in [-0.39, 0.29) is 11.5 Å². The Bertz CT molecular complexity index is 1230. The number of rotatable bonds is 10. The Morgan fingerprint density at radius 1 is 1.00 bits per heavy atom. The number of anilines is 3. The molecule has 1 aliphatic rings. The number of ketones is 1. The summed E-state index contributed by atoms with van der Waals surface area (Å²) in [5, 5.41) is 3.22. The Hall–Kier alpha value is -3.72. The molecule has 0 unspecified atom stereocenters. The minimum atomic E-state index is -0.441. The summed E-state index contributed by atoms with van der Waals surface area (Å²) in [6.45, 7) is 5.74. The number of benzene rings is 2. The average molecular weight is 508 g/mol. The number of Topliss-reactive ketones (excluding diaryl/α,β-unsaturated/α-hetero) is 1. The van der Waals surface area contributed by atoms with E-state index in [4.69, 9.17) is 9.47 Å². The van der Waals surface area contributed by atoms with Crippen molar-refractivity contribution in [2.45, 2.75) is 26.2 Å². The smallest absolute Gasteiger partial charge is 0.227 e. The summed E-state index contributed by atoms with van der Waals surface area (Å²) >= 11 is 0. The third kappa shape index (κ3) is 6.35. The van der Waals surface area contributed by atoms with Crippen molar-refractivity contribution in [2.75, 3.05) is 57.7 Å². The number of methoxy groups -OCH3 is 2. The fourth-order valence-corrected chi connectivity index (χ4v) is 4.37. The Morgan fingerprint density at radius 3 is 2.35 bits per heavy atom. The largest absolute Gasteiger partial charge is 0.495 e. The molecule has 37 heavy (non-hydrogen) atoms. The second kappa shape index (κ2) is 12.0. The van der Waals surface area contributed by atoms with Gasteiger partial charge in [0, 0.05) is 62.3 Å². The third-order valence-corrected chi connectivity index (χ3v) is 6.65. The van der Waals surface area contributed by atoms with E-state index >= 15 is 0 Å². The molecule has 0 saturated carbocycles. The highest BCUT2D eigenvalue weighted by atomic mass is 19.1. The van der Waals surface area contributed by atoms with E-state index in [1.54, 1.807) is 32.5 Å². The normalized spacial score (nSPS) is 13.9. The molecular weight excluding hydrogens is 473 g/mol. The van der Waals surface area contributed by atoms with Crippen LogP contribution in [-0.2, 0) is 12.8 Å². The zero-order chi connectivity index (χ0) is 26.4. The maximum absolute atomic E-state index is 14.8. The van der Waals surface area contributed by atoms with Gasteiger partial charge in [0.05, 0.1) is 19.9 Å². The molecule has 0 aliphatic carbocycles. The number of ether oxygens (including phenoxy) is 2. The molecule has 1 saturated heterocycles. The first-order chi connectivity index (χ1) is 17.9. The lowest BCUT2D eigenvalue weighted by Gasteiger charge is -2.34. The quantitative estimate of drug-likeness (QED) is 0.402. The molecular formula is C28H34FN5O3. The van der Waals surface area contributed by atoms with Gasteiger partial charge in [-0.2, -0.15) is 0 Å². The first-order valence-electron chi connectivity index (χ1n) is 12.5. The molecule has 1 aromatic heterocycles. The minimum Gasteiger partial charge on any atom is -0.495 e. The van der Waals surface area contributed by atoms with Crippen LogP contribution < -0.4 is 19.7 Å². The Morgan fingerprint density at radius 2 is 1.70 bits per heavy atom. The number of hydrogen-bond acceptors (Lipinski definition) is 8. The zero-order valence-electron chi connectivity index (χ0n) is 21.9. The van der Waals surface area contributed by atoms with Gasteiger partial charge in [-0.25, -0.2) is 14.4 Å². The van der Waals surface area contributed by atoms with Crippen molar-refractivity contribution in [3.05, 3.63) is 65.2 Å². The Kier molecular flexibility index (Phi) is 8.55. The topological polar surface area (TPSA) is 79.8 Å². The highest BCUT2D eigenvalue weighted by molar-refractivity contribution is 5.96. The molecule has 3 aromatic rings. The van der Waals surface area contributed by atoms with E-state index in [1.807, 2.05) is 12.1 Å². The number of piperazine rings is 1. The van der Waals surface area contributed by atoms with E-state index in [2.05, 4.69) is 38.2 Å². The molecule has 1 fully saturated rings. The standard InChI is InChI=1S/C28H34FN5O3/c1-5-24(35)21-14-20(27(29)26(15-21)37-4)7-6-19-17-30-28(31-18-19)32-22-8-9-23(25(16-22)36-3)34-12-10-33(2)11-13-34/h8-9,14-18H,5-7,10-13H2,1-4H3,(H,30,31,32). The number of halogens is 1. The van der Waals surface area contributed by atoms with Crippen molar-refractivity contribution < 1.29 is 18.7 Å². The van der Waals surface area contributed by atoms with Crippen LogP contribution in [0.5, 0.6) is 11.5 Å². The van der Waals surface area contributed by atoms with Crippen LogP contribution >= 0.6 is 0 Å². The highest BCUT2D eigenvalue weighted by Gasteiger charge is 2.18. The van der Waals surface area contributed by atoms with E-state index in [0.717, 1.165) is 48.9 Å². The molecule has 8 nitrogen and oxygen atoms in total. The molecule has 1 N–H and O–H groups in total. The molecule has 196 valence electrons. The highest BCUT2D eigenvalue weighted by Crippen LogP contribution is 2.32. The number of carbonyl (C=O) groups is 1. The number of aryl methyl sites for hydroxylation is 2. The molecule has 0 atom stereocenters. The zero-order valence-corrected chi connectivity index (χ0v) is 21.9. The number of hydrogen-bond donors (Lipinski definition) is 1. The fourth-order valence-electron chi connectivity index (χ4n) is 4.37. The maximum Gasteiger partial charge on any atom is 0.227 e. The molecule has 9 heteroatoms. The van der Waals surface area contributed by atoms with Gasteiger partial charge in [0.25, 0.3) is 0 Å². The molecule has 4 rings (SSSR count). The molecule has 1 aliphatic heterocycles. The van der Waals surface area contributed by atoms with Crippen molar-refractivity contribution in [1.29, 1.82) is 0 Å². The van der Waals surface area contributed by atoms with Crippen molar-refractivity contribution >= 4 is 23.1 Å². The molecule has 2 aromatic carbocycles. The van der Waals surface area contributed by atoms with Crippen molar-refractivity contribution in [3.8, 4) is 11.5 Å². The number of likely N-dealkylation sites (N-methyl/N-ethyl adjacent to an activating group) is 1. The third-order valence-electron chi connectivity index (χ3n) is 6.65. The van der Waals surface area contributed by atoms with Crippen molar-refractivity contribution in [1.82, 2.24) is 14.9 Å². The van der Waals surface area contributed by atoms with Gasteiger partial charge >= 0.3 is 0 Å². The Labute approximate surface area is 217 Å². The SMILES string of the molecule is CCC(=O)c1cc(CCc2cnc(Nc3ccc(N4CCN(C)CC4)c(OC)c3)nc2)c(F)c(OC)c1. The van der Waals surface area contributed by atoms with Gasteiger partial charge in [0.2, 0.25) is 5.95 Å². The van der Waals surface area contributed by atoms with Crippen LogP contribution in [0, 0.1) is 5.82 Å². The summed E-state index contributed by atoms with van der Waals surface area (Å²) in [6, 6.07) is 9.07. The lowest BCUT2D eigenvalue weighted by atomic mass is 10.00. The van der Waals surface area contributed by atoms with Crippen LogP contribution in [0.2, 0.25) is 0 Å². The van der Waals surface area contributed by atoms with E-state index in [1.165, 1.54) is 13.2 Å². The summed E-state index contributed by atoms with van der Waals surface area (Å²) in [5.41, 5.74) is 3.66. The van der Waals surface area contributed by atoms with E-state index in [0.29, 0.717) is 36.3 Å². The molecule has 2 heterocycles. The van der Waals surface area contributed by atoms with Crippen LogP contribution in [-0.4, -0.2) is 68.1 Å².